The molecule has 0 heterocycles. The molecular weight excluding hydrogens is 256 g/mol. The summed E-state index contributed by atoms with van der Waals surface area (Å²) in [5.74, 6) is 0.0865. The van der Waals surface area contributed by atoms with Crippen LogP contribution in [0.2, 0.25) is 0 Å². The van der Waals surface area contributed by atoms with Crippen LogP contribution in [0, 0.1) is 16.7 Å². The van der Waals surface area contributed by atoms with Crippen LogP contribution in [0.1, 0.15) is 45.4 Å². The van der Waals surface area contributed by atoms with Gasteiger partial charge in [0.15, 0.2) is 0 Å². The van der Waals surface area contributed by atoms with E-state index in [1.807, 2.05) is 0 Å². The number of carboxylic acid groups (broad SMARTS) is 1. The van der Waals surface area contributed by atoms with Crippen LogP contribution in [0.5, 0.6) is 0 Å². The molecular formula is C12H17BrO2. The van der Waals surface area contributed by atoms with Crippen molar-refractivity contribution in [1.29, 1.82) is 0 Å². The van der Waals surface area contributed by atoms with E-state index in [2.05, 4.69) is 22.9 Å². The summed E-state index contributed by atoms with van der Waals surface area (Å²) in [7, 11) is 0. The molecule has 4 bridgehead atoms. The first-order valence-electron chi connectivity index (χ1n) is 5.77. The third kappa shape index (κ3) is 1.31. The monoisotopic (exact) mass is 272 g/mol. The van der Waals surface area contributed by atoms with Crippen molar-refractivity contribution < 1.29 is 9.90 Å². The minimum atomic E-state index is -0.554. The number of hydrogen-bond acceptors (Lipinski definition) is 1. The molecule has 84 valence electrons. The molecule has 0 aromatic rings. The second kappa shape index (κ2) is 2.61. The highest BCUT2D eigenvalue weighted by molar-refractivity contribution is 9.10. The van der Waals surface area contributed by atoms with Crippen molar-refractivity contribution >= 4 is 21.9 Å². The summed E-state index contributed by atoms with van der Waals surface area (Å²) in [5, 5.41) is 9.49. The van der Waals surface area contributed by atoms with E-state index in [1.165, 1.54) is 19.3 Å². The molecule has 4 fully saturated rings. The Kier molecular flexibility index (Phi) is 1.76. The smallest absolute Gasteiger partial charge is 0.309 e. The average Bonchev–Trinajstić information content (AvgIpc) is 1.95. The Hall–Kier alpha value is -0.0500. The maximum Gasteiger partial charge on any atom is 0.309 e. The predicted octanol–water partition coefficient (Wildman–Crippen LogP) is 3.20. The van der Waals surface area contributed by atoms with Crippen LogP contribution >= 0.6 is 15.9 Å². The van der Waals surface area contributed by atoms with Crippen LogP contribution < -0.4 is 0 Å². The molecule has 0 aliphatic heterocycles. The third-order valence-corrected chi connectivity index (χ3v) is 5.62. The standard InChI is InChI=1S/C12H17BrO2/c1-10-2-8-3-11(5-10,9(14)15)7-12(13,4-8)6-10/h8H,2-7H2,1H3,(H,14,15)/t8-,10+,11+,12+/m0/s1. The topological polar surface area (TPSA) is 37.3 Å². The SMILES string of the molecule is C[C@]12C[C@@H]3C[C@@](Br)(C1)C[C@@](C(=O)O)(C3)C2. The highest BCUT2D eigenvalue weighted by atomic mass is 79.9. The minimum absolute atomic E-state index is 0.138. The lowest BCUT2D eigenvalue weighted by atomic mass is 9.44. The fraction of sp³-hybridized carbons (Fsp3) is 0.917. The van der Waals surface area contributed by atoms with Gasteiger partial charge in [0.25, 0.3) is 0 Å². The first-order chi connectivity index (χ1) is 6.85. The van der Waals surface area contributed by atoms with E-state index >= 15 is 0 Å². The van der Waals surface area contributed by atoms with Crippen molar-refractivity contribution in [3.05, 3.63) is 0 Å². The van der Waals surface area contributed by atoms with Crippen molar-refractivity contribution in [1.82, 2.24) is 0 Å². The molecule has 0 radical (unpaired) electrons. The largest absolute Gasteiger partial charge is 0.481 e. The van der Waals surface area contributed by atoms with E-state index in [9.17, 15) is 9.90 Å². The highest BCUT2D eigenvalue weighted by Crippen LogP contribution is 2.68. The van der Waals surface area contributed by atoms with Gasteiger partial charge >= 0.3 is 5.97 Å². The number of halogens is 1. The summed E-state index contributed by atoms with van der Waals surface area (Å²) in [5.41, 5.74) is -0.126. The molecule has 1 N–H and O–H groups in total. The Bertz CT molecular complexity index is 321. The Balaban J connectivity index is 2.05. The van der Waals surface area contributed by atoms with Gasteiger partial charge in [0.05, 0.1) is 5.41 Å². The highest BCUT2D eigenvalue weighted by Gasteiger charge is 2.63. The fourth-order valence-electron chi connectivity index (χ4n) is 5.03. The summed E-state index contributed by atoms with van der Waals surface area (Å²) in [6.45, 7) is 2.28. The van der Waals surface area contributed by atoms with Crippen LogP contribution in [0.4, 0.5) is 0 Å². The molecule has 15 heavy (non-hydrogen) atoms. The summed E-state index contributed by atoms with van der Waals surface area (Å²) < 4.78 is 0.138. The Morgan fingerprint density at radius 3 is 2.53 bits per heavy atom. The summed E-state index contributed by atoms with van der Waals surface area (Å²) in [6, 6.07) is 0. The van der Waals surface area contributed by atoms with Gasteiger partial charge in [-0.25, -0.2) is 0 Å². The normalized spacial score (nSPS) is 57.1. The van der Waals surface area contributed by atoms with Crippen molar-refractivity contribution in [2.24, 2.45) is 16.7 Å². The zero-order valence-corrected chi connectivity index (χ0v) is 10.6. The maximum atomic E-state index is 11.5. The van der Waals surface area contributed by atoms with E-state index in [-0.39, 0.29) is 9.74 Å². The Morgan fingerprint density at radius 2 is 2.00 bits per heavy atom. The van der Waals surface area contributed by atoms with E-state index in [1.54, 1.807) is 0 Å². The number of rotatable bonds is 1. The second-order valence-corrected chi connectivity index (χ2v) is 8.24. The van der Waals surface area contributed by atoms with Crippen molar-refractivity contribution in [3.63, 3.8) is 0 Å². The van der Waals surface area contributed by atoms with Gasteiger partial charge in [0.1, 0.15) is 0 Å². The lowest BCUT2D eigenvalue weighted by Gasteiger charge is -2.62. The number of alkyl halides is 1. The fourth-order valence-corrected chi connectivity index (χ4v) is 6.70. The Morgan fingerprint density at radius 1 is 1.27 bits per heavy atom. The predicted molar refractivity (Wildman–Crippen MR) is 61.0 cm³/mol. The van der Waals surface area contributed by atoms with Gasteiger partial charge in [-0.1, -0.05) is 22.9 Å². The molecule has 4 atom stereocenters. The molecule has 0 amide bonds. The van der Waals surface area contributed by atoms with E-state index in [0.717, 1.165) is 19.3 Å². The van der Waals surface area contributed by atoms with Gasteiger partial charge < -0.3 is 5.11 Å². The van der Waals surface area contributed by atoms with E-state index in [4.69, 9.17) is 0 Å². The van der Waals surface area contributed by atoms with Crippen LogP contribution in [-0.4, -0.2) is 15.4 Å². The van der Waals surface area contributed by atoms with Gasteiger partial charge in [0.2, 0.25) is 0 Å². The quantitative estimate of drug-likeness (QED) is 0.745. The molecule has 2 nitrogen and oxygen atoms in total. The summed E-state index contributed by atoms with van der Waals surface area (Å²) in [4.78, 5) is 11.5. The second-order valence-electron chi connectivity index (χ2n) is 6.56. The van der Waals surface area contributed by atoms with Gasteiger partial charge in [0, 0.05) is 4.32 Å². The lowest BCUT2D eigenvalue weighted by molar-refractivity contribution is -0.169. The molecule has 0 unspecified atom stereocenters. The number of carboxylic acids is 1. The Labute approximate surface area is 98.6 Å². The number of hydrogen-bond donors (Lipinski definition) is 1. The van der Waals surface area contributed by atoms with Gasteiger partial charge in [-0.3, -0.25) is 4.79 Å². The van der Waals surface area contributed by atoms with Crippen molar-refractivity contribution in [3.8, 4) is 0 Å². The zero-order chi connectivity index (χ0) is 10.9. The zero-order valence-electron chi connectivity index (χ0n) is 9.05. The molecule has 4 rings (SSSR count). The molecule has 4 aliphatic rings. The molecule has 0 spiro atoms. The van der Waals surface area contributed by atoms with Crippen LogP contribution in [0.15, 0.2) is 0 Å². The number of aliphatic carboxylic acids is 1. The van der Waals surface area contributed by atoms with Crippen LogP contribution in [0.25, 0.3) is 0 Å². The minimum Gasteiger partial charge on any atom is -0.481 e. The van der Waals surface area contributed by atoms with Gasteiger partial charge in [-0.2, -0.15) is 0 Å². The third-order valence-electron chi connectivity index (χ3n) is 4.73. The van der Waals surface area contributed by atoms with Crippen molar-refractivity contribution in [2.75, 3.05) is 0 Å². The van der Waals surface area contributed by atoms with E-state index in [0.29, 0.717) is 5.92 Å². The molecule has 4 saturated carbocycles. The first-order valence-corrected chi connectivity index (χ1v) is 6.57. The average molecular weight is 273 g/mol. The molecule has 3 heteroatoms. The molecule has 0 saturated heterocycles. The van der Waals surface area contributed by atoms with Gasteiger partial charge in [-0.15, -0.1) is 0 Å². The molecule has 4 aliphatic carbocycles. The summed E-state index contributed by atoms with van der Waals surface area (Å²) in [6.07, 6.45) is 6.28. The van der Waals surface area contributed by atoms with Crippen LogP contribution in [0.3, 0.4) is 0 Å². The lowest BCUT2D eigenvalue weighted by Crippen LogP contribution is -2.59. The summed E-state index contributed by atoms with van der Waals surface area (Å²) >= 11 is 3.83. The molecule has 0 aromatic heterocycles. The van der Waals surface area contributed by atoms with Crippen molar-refractivity contribution in [2.45, 2.75) is 49.8 Å². The maximum absolute atomic E-state index is 11.5. The van der Waals surface area contributed by atoms with Crippen LogP contribution in [-0.2, 0) is 4.79 Å². The number of carbonyl (C=O) groups is 1. The van der Waals surface area contributed by atoms with E-state index < -0.39 is 11.4 Å². The molecule has 0 aromatic carbocycles. The van der Waals surface area contributed by atoms with Gasteiger partial charge in [-0.05, 0) is 49.9 Å². The first kappa shape index (κ1) is 10.1.